The quantitative estimate of drug-likeness (QED) is 0.675. The fourth-order valence-corrected chi connectivity index (χ4v) is 5.30. The van der Waals surface area contributed by atoms with Gasteiger partial charge in [0.05, 0.1) is 16.0 Å². The molecule has 0 spiro atoms. The Morgan fingerprint density at radius 3 is 2.52 bits per heavy atom. The van der Waals surface area contributed by atoms with Crippen molar-refractivity contribution in [1.29, 1.82) is 0 Å². The van der Waals surface area contributed by atoms with E-state index in [-0.39, 0.29) is 18.7 Å². The molecule has 3 aromatic rings. The van der Waals surface area contributed by atoms with Gasteiger partial charge in [-0.2, -0.15) is 5.10 Å². The lowest BCUT2D eigenvalue weighted by molar-refractivity contribution is 0.508. The molecule has 1 aliphatic rings. The third kappa shape index (κ3) is 3.47. The topological polar surface area (TPSA) is 122 Å². The first-order chi connectivity index (χ1) is 12.7. The Morgan fingerprint density at radius 2 is 1.81 bits per heavy atom. The molecule has 0 amide bonds. The molecule has 2 aromatic heterocycles. The maximum Gasteiger partial charge on any atom is 0.240 e. The van der Waals surface area contributed by atoms with E-state index in [1.54, 1.807) is 12.4 Å². The Labute approximate surface area is 160 Å². The standard InChI is InChI=1S/C17H18N4O4S2.2H2/c1-26(22,23)13-3-5-14(6-4-13)27(24,25)21-12-2-7-15-11(8-12)9-18-17-16(15)10-19-20-17;;/h3-6,9-10,12,21H,2,7-8H2,1H3,(H,18,19,20);2*1H. The largest absolute Gasteiger partial charge is 0.261 e. The minimum absolute atomic E-state index is 0. The van der Waals surface area contributed by atoms with Crippen LogP contribution in [0.2, 0.25) is 0 Å². The molecule has 8 nitrogen and oxygen atoms in total. The van der Waals surface area contributed by atoms with Crippen molar-refractivity contribution in [2.45, 2.75) is 35.1 Å². The van der Waals surface area contributed by atoms with Gasteiger partial charge < -0.3 is 0 Å². The summed E-state index contributed by atoms with van der Waals surface area (Å²) in [6, 6.07) is 4.99. The Morgan fingerprint density at radius 1 is 1.11 bits per heavy atom. The summed E-state index contributed by atoms with van der Waals surface area (Å²) in [7, 11) is -7.11. The minimum Gasteiger partial charge on any atom is -0.261 e. The zero-order valence-corrected chi connectivity index (χ0v) is 16.1. The first kappa shape index (κ1) is 18.1. The second kappa shape index (κ2) is 6.39. The van der Waals surface area contributed by atoms with E-state index < -0.39 is 19.9 Å². The van der Waals surface area contributed by atoms with Crippen LogP contribution in [0.3, 0.4) is 0 Å². The summed E-state index contributed by atoms with van der Waals surface area (Å²) in [6.07, 6.45) is 6.53. The minimum atomic E-state index is -3.74. The predicted molar refractivity (Wildman–Crippen MR) is 104 cm³/mol. The highest BCUT2D eigenvalue weighted by Gasteiger charge is 2.26. The molecular formula is C17H22N4O4S2. The van der Waals surface area contributed by atoms with Crippen LogP contribution in [0.15, 0.2) is 46.5 Å². The highest BCUT2D eigenvalue weighted by molar-refractivity contribution is 7.90. The van der Waals surface area contributed by atoms with Crippen LogP contribution in [0.5, 0.6) is 0 Å². The van der Waals surface area contributed by atoms with E-state index in [1.165, 1.54) is 24.3 Å². The number of nitrogens with zero attached hydrogens (tertiary/aromatic N) is 2. The van der Waals surface area contributed by atoms with Gasteiger partial charge in [-0.05, 0) is 54.7 Å². The summed E-state index contributed by atoms with van der Waals surface area (Å²) in [5, 5.41) is 7.83. The number of nitrogens with one attached hydrogen (secondary N) is 2. The summed E-state index contributed by atoms with van der Waals surface area (Å²) >= 11 is 0. The van der Waals surface area contributed by atoms with E-state index in [1.807, 2.05) is 0 Å². The second-order valence-electron chi connectivity index (χ2n) is 6.70. The van der Waals surface area contributed by atoms with Crippen molar-refractivity contribution in [2.75, 3.05) is 6.26 Å². The summed E-state index contributed by atoms with van der Waals surface area (Å²) in [4.78, 5) is 4.46. The monoisotopic (exact) mass is 410 g/mol. The maximum atomic E-state index is 12.7. The van der Waals surface area contributed by atoms with Gasteiger partial charge in [0.1, 0.15) is 0 Å². The normalized spacial score (nSPS) is 17.7. The third-order valence-electron chi connectivity index (χ3n) is 4.77. The lowest BCUT2D eigenvalue weighted by Gasteiger charge is -2.25. The fourth-order valence-electron chi connectivity index (χ4n) is 3.40. The number of H-pyrrole nitrogens is 1. The van der Waals surface area contributed by atoms with E-state index >= 15 is 0 Å². The summed E-state index contributed by atoms with van der Waals surface area (Å²) in [5.41, 5.74) is 2.90. The van der Waals surface area contributed by atoms with Gasteiger partial charge in [-0.25, -0.2) is 26.5 Å². The molecule has 2 N–H and O–H groups in total. The first-order valence-electron chi connectivity index (χ1n) is 8.36. The Bertz CT molecular complexity index is 1230. The van der Waals surface area contributed by atoms with Crippen LogP contribution < -0.4 is 4.72 Å². The molecule has 2 heterocycles. The molecule has 0 saturated heterocycles. The molecular weight excluding hydrogens is 388 g/mol. The molecule has 1 unspecified atom stereocenters. The Balaban J connectivity index is 0.00000150. The van der Waals surface area contributed by atoms with E-state index in [0.717, 1.165) is 34.8 Å². The number of hydrogen-bond acceptors (Lipinski definition) is 6. The number of fused-ring (bicyclic) bond motifs is 3. The van der Waals surface area contributed by atoms with Crippen LogP contribution in [0.4, 0.5) is 0 Å². The molecule has 4 rings (SSSR count). The number of pyridine rings is 1. The smallest absolute Gasteiger partial charge is 0.240 e. The molecule has 27 heavy (non-hydrogen) atoms. The van der Waals surface area contributed by atoms with E-state index in [9.17, 15) is 16.8 Å². The van der Waals surface area contributed by atoms with Crippen molar-refractivity contribution in [3.05, 3.63) is 47.8 Å². The number of aromatic nitrogens is 3. The molecule has 10 heteroatoms. The van der Waals surface area contributed by atoms with E-state index in [4.69, 9.17) is 0 Å². The highest BCUT2D eigenvalue weighted by Crippen LogP contribution is 2.27. The number of sulfone groups is 1. The first-order valence-corrected chi connectivity index (χ1v) is 11.7. The average molecular weight is 411 g/mol. The molecule has 1 aliphatic carbocycles. The number of sulfonamides is 1. The summed E-state index contributed by atoms with van der Waals surface area (Å²) in [5.74, 6) is 0. The zero-order valence-electron chi connectivity index (χ0n) is 14.5. The van der Waals surface area contributed by atoms with Crippen molar-refractivity contribution in [1.82, 2.24) is 19.9 Å². The molecule has 0 aliphatic heterocycles. The van der Waals surface area contributed by atoms with Gasteiger partial charge in [-0.1, -0.05) is 0 Å². The molecule has 1 aromatic carbocycles. The van der Waals surface area contributed by atoms with Gasteiger partial charge in [0.25, 0.3) is 0 Å². The fraction of sp³-hybridized carbons (Fsp3) is 0.294. The van der Waals surface area contributed by atoms with E-state index in [2.05, 4.69) is 19.9 Å². The van der Waals surface area contributed by atoms with Crippen LogP contribution >= 0.6 is 0 Å². The zero-order chi connectivity index (χ0) is 19.2. The summed E-state index contributed by atoms with van der Waals surface area (Å²) < 4.78 is 51.1. The second-order valence-corrected chi connectivity index (χ2v) is 10.4. The highest BCUT2D eigenvalue weighted by atomic mass is 32.2. The predicted octanol–water partition coefficient (Wildman–Crippen LogP) is 1.69. The molecule has 0 saturated carbocycles. The Hall–Kier alpha value is -2.30. The number of aromatic amines is 1. The third-order valence-corrected chi connectivity index (χ3v) is 7.44. The van der Waals surface area contributed by atoms with Crippen molar-refractivity contribution in [2.24, 2.45) is 0 Å². The Kier molecular flexibility index (Phi) is 4.28. The number of hydrogen-bond donors (Lipinski definition) is 2. The SMILES string of the molecule is CS(=O)(=O)c1ccc(S(=O)(=O)NC2CCc3c(cnc4[nH]ncc34)C2)cc1.[HH].[HH]. The van der Waals surface area contributed by atoms with E-state index in [0.29, 0.717) is 12.8 Å². The van der Waals surface area contributed by atoms with Crippen molar-refractivity contribution in [3.63, 3.8) is 0 Å². The van der Waals surface area contributed by atoms with Gasteiger partial charge in [0, 0.05) is 26.7 Å². The van der Waals surface area contributed by atoms with Gasteiger partial charge in [0.2, 0.25) is 10.0 Å². The molecule has 146 valence electrons. The summed E-state index contributed by atoms with van der Waals surface area (Å²) in [6.45, 7) is 0. The van der Waals surface area contributed by atoms with Crippen LogP contribution in [0, 0.1) is 0 Å². The number of aryl methyl sites for hydroxylation is 1. The average Bonchev–Trinajstić information content (AvgIpc) is 3.09. The van der Waals surface area contributed by atoms with Gasteiger partial charge in [-0.3, -0.25) is 5.10 Å². The van der Waals surface area contributed by atoms with Crippen molar-refractivity contribution in [3.8, 4) is 0 Å². The lowest BCUT2D eigenvalue weighted by atomic mass is 9.88. The van der Waals surface area contributed by atoms with Crippen LogP contribution in [0.1, 0.15) is 20.4 Å². The van der Waals surface area contributed by atoms with Gasteiger partial charge in [0.15, 0.2) is 15.5 Å². The lowest BCUT2D eigenvalue weighted by Crippen LogP contribution is -2.38. The number of rotatable bonds is 4. The van der Waals surface area contributed by atoms with Gasteiger partial charge >= 0.3 is 0 Å². The number of benzene rings is 1. The van der Waals surface area contributed by atoms with Crippen molar-refractivity contribution >= 4 is 30.9 Å². The maximum absolute atomic E-state index is 12.7. The molecule has 0 bridgehead atoms. The molecule has 1 atom stereocenters. The molecule has 0 radical (unpaired) electrons. The van der Waals surface area contributed by atoms with Crippen LogP contribution in [0.25, 0.3) is 11.0 Å². The van der Waals surface area contributed by atoms with Crippen LogP contribution in [-0.2, 0) is 32.7 Å². The molecule has 0 fully saturated rings. The van der Waals surface area contributed by atoms with Crippen LogP contribution in [-0.4, -0.2) is 44.3 Å². The van der Waals surface area contributed by atoms with Gasteiger partial charge in [-0.15, -0.1) is 0 Å². The van der Waals surface area contributed by atoms with Crippen molar-refractivity contribution < 1.29 is 19.7 Å².